The van der Waals surface area contributed by atoms with Crippen molar-refractivity contribution < 1.29 is 14.7 Å². The predicted octanol–water partition coefficient (Wildman–Crippen LogP) is 0.718. The summed E-state index contributed by atoms with van der Waals surface area (Å²) in [5.41, 5.74) is 0.476. The highest BCUT2D eigenvalue weighted by molar-refractivity contribution is 7.10. The van der Waals surface area contributed by atoms with Gasteiger partial charge in [-0.3, -0.25) is 4.79 Å². The van der Waals surface area contributed by atoms with E-state index in [2.05, 4.69) is 9.69 Å². The summed E-state index contributed by atoms with van der Waals surface area (Å²) < 4.78 is 3.80. The quantitative estimate of drug-likeness (QED) is 0.681. The van der Waals surface area contributed by atoms with Gasteiger partial charge >= 0.3 is 5.97 Å². The van der Waals surface area contributed by atoms with Crippen LogP contribution < -0.4 is 5.32 Å². The molecule has 2 N–H and O–H groups in total. The van der Waals surface area contributed by atoms with Crippen LogP contribution in [0.5, 0.6) is 0 Å². The van der Waals surface area contributed by atoms with Crippen LogP contribution in [0.25, 0.3) is 0 Å². The highest BCUT2D eigenvalue weighted by Crippen LogP contribution is 2.23. The molecule has 0 fully saturated rings. The molecule has 1 amide bonds. The number of aromatic carboxylic acids is 1. The normalized spacial score (nSPS) is 9.42. The minimum absolute atomic E-state index is 0.0621. The lowest BCUT2D eigenvalue weighted by Gasteiger charge is -1.94. The van der Waals surface area contributed by atoms with Crippen LogP contribution in [0.2, 0.25) is 0 Å². The minimum atomic E-state index is -1.08. The first-order valence-electron chi connectivity index (χ1n) is 3.06. The van der Waals surface area contributed by atoms with Crippen molar-refractivity contribution in [2.45, 2.75) is 6.92 Å². The molecule has 5 nitrogen and oxygen atoms in total. The molecule has 0 aromatic carbocycles. The van der Waals surface area contributed by atoms with Crippen LogP contribution in [0.3, 0.4) is 0 Å². The molecule has 0 spiro atoms. The van der Waals surface area contributed by atoms with E-state index in [0.717, 1.165) is 11.5 Å². The van der Waals surface area contributed by atoms with Gasteiger partial charge in [-0.05, 0) is 18.5 Å². The van der Waals surface area contributed by atoms with Crippen LogP contribution in [-0.2, 0) is 4.79 Å². The number of aryl methyl sites for hydroxylation is 1. The van der Waals surface area contributed by atoms with E-state index in [1.807, 2.05) is 0 Å². The van der Waals surface area contributed by atoms with Crippen molar-refractivity contribution in [2.75, 3.05) is 5.32 Å². The zero-order chi connectivity index (χ0) is 9.14. The Morgan fingerprint density at radius 1 is 1.75 bits per heavy atom. The summed E-state index contributed by atoms with van der Waals surface area (Å²) in [5.74, 6) is -1.08. The van der Waals surface area contributed by atoms with Gasteiger partial charge in [0.25, 0.3) is 0 Å². The maximum absolute atomic E-state index is 10.6. The number of carbonyl (C=O) groups excluding carboxylic acids is 1. The molecule has 0 radical (unpaired) electrons. The smallest absolute Gasteiger partial charge is 0.340 e. The minimum Gasteiger partial charge on any atom is -0.478 e. The van der Waals surface area contributed by atoms with Gasteiger partial charge in [-0.2, -0.15) is 4.37 Å². The fraction of sp³-hybridized carbons (Fsp3) is 0.167. The monoisotopic (exact) mass is 186 g/mol. The van der Waals surface area contributed by atoms with Crippen molar-refractivity contribution in [3.8, 4) is 0 Å². The lowest BCUT2D eigenvalue weighted by Crippen LogP contribution is -2.02. The van der Waals surface area contributed by atoms with Crippen molar-refractivity contribution in [3.05, 3.63) is 11.3 Å². The van der Waals surface area contributed by atoms with Crippen molar-refractivity contribution in [1.29, 1.82) is 0 Å². The number of carboxylic acids is 1. The third-order valence-electron chi connectivity index (χ3n) is 1.27. The number of carboxylic acid groups (broad SMARTS) is 1. The number of amides is 1. The molecule has 1 aromatic rings. The molecule has 0 unspecified atom stereocenters. The zero-order valence-corrected chi connectivity index (χ0v) is 7.01. The number of nitrogens with one attached hydrogen (secondary N) is 1. The Labute approximate surface area is 72.2 Å². The first kappa shape index (κ1) is 8.66. The summed E-state index contributed by atoms with van der Waals surface area (Å²) in [6.07, 6.45) is 0.430. The molecular formula is C6H6N2O3S. The summed E-state index contributed by atoms with van der Waals surface area (Å²) in [7, 11) is 0. The van der Waals surface area contributed by atoms with Crippen LogP contribution in [0.4, 0.5) is 5.00 Å². The Kier molecular flexibility index (Phi) is 2.39. The fourth-order valence-electron chi connectivity index (χ4n) is 0.774. The van der Waals surface area contributed by atoms with Gasteiger partial charge in [-0.25, -0.2) is 4.79 Å². The van der Waals surface area contributed by atoms with Gasteiger partial charge < -0.3 is 10.4 Å². The molecule has 0 saturated carbocycles. The first-order valence-corrected chi connectivity index (χ1v) is 3.84. The predicted molar refractivity (Wildman–Crippen MR) is 43.5 cm³/mol. The summed E-state index contributed by atoms with van der Waals surface area (Å²) in [6.45, 7) is 1.58. The Morgan fingerprint density at radius 2 is 2.42 bits per heavy atom. The highest BCUT2D eigenvalue weighted by Gasteiger charge is 2.16. The lowest BCUT2D eigenvalue weighted by atomic mass is 10.2. The standard InChI is InChI=1S/C6H6N2O3S/c1-3-4(6(10)11)5(7-2-9)12-8-3/h2H,1H3,(H,7,9)(H,10,11). The van der Waals surface area contributed by atoms with E-state index in [1.165, 1.54) is 0 Å². The van der Waals surface area contributed by atoms with Gasteiger partial charge in [0.1, 0.15) is 10.6 Å². The van der Waals surface area contributed by atoms with E-state index < -0.39 is 5.97 Å². The molecule has 0 atom stereocenters. The number of hydrogen-bond donors (Lipinski definition) is 2. The number of anilines is 1. The second kappa shape index (κ2) is 3.31. The Balaban J connectivity index is 3.11. The van der Waals surface area contributed by atoms with Gasteiger partial charge in [-0.15, -0.1) is 0 Å². The molecule has 1 aromatic heterocycles. The van der Waals surface area contributed by atoms with E-state index in [-0.39, 0.29) is 10.6 Å². The SMILES string of the molecule is Cc1nsc(NC=O)c1C(=O)O. The third-order valence-corrected chi connectivity index (χ3v) is 2.14. The Bertz CT molecular complexity index is 321. The van der Waals surface area contributed by atoms with E-state index in [4.69, 9.17) is 5.11 Å². The Morgan fingerprint density at radius 3 is 2.92 bits per heavy atom. The van der Waals surface area contributed by atoms with Crippen LogP contribution in [0.15, 0.2) is 0 Å². The number of rotatable bonds is 3. The summed E-state index contributed by atoms with van der Waals surface area (Å²) >= 11 is 0.956. The van der Waals surface area contributed by atoms with Crippen LogP contribution in [0, 0.1) is 6.92 Å². The first-order chi connectivity index (χ1) is 5.66. The molecule has 1 heterocycles. The van der Waals surface area contributed by atoms with Gasteiger partial charge in [0.15, 0.2) is 0 Å². The Hall–Kier alpha value is -1.43. The molecule has 0 aliphatic carbocycles. The van der Waals surface area contributed by atoms with E-state index in [1.54, 1.807) is 6.92 Å². The second-order valence-corrected chi connectivity index (χ2v) is 2.81. The topological polar surface area (TPSA) is 79.3 Å². The summed E-state index contributed by atoms with van der Waals surface area (Å²) in [4.78, 5) is 20.6. The average molecular weight is 186 g/mol. The van der Waals surface area contributed by atoms with Crippen molar-refractivity contribution in [1.82, 2.24) is 4.37 Å². The van der Waals surface area contributed by atoms with Crippen molar-refractivity contribution in [3.63, 3.8) is 0 Å². The number of hydrogen-bond acceptors (Lipinski definition) is 4. The fourth-order valence-corrected chi connectivity index (χ4v) is 1.52. The maximum Gasteiger partial charge on any atom is 0.340 e. The number of carbonyl (C=O) groups is 2. The largest absolute Gasteiger partial charge is 0.478 e. The molecule has 0 bridgehead atoms. The lowest BCUT2D eigenvalue weighted by molar-refractivity contribution is -0.105. The number of aromatic nitrogens is 1. The number of nitrogens with zero attached hydrogens (tertiary/aromatic N) is 1. The summed E-state index contributed by atoms with van der Waals surface area (Å²) in [6, 6.07) is 0. The van der Waals surface area contributed by atoms with Gasteiger partial charge in [0.2, 0.25) is 6.41 Å². The van der Waals surface area contributed by atoms with Crippen LogP contribution in [-0.4, -0.2) is 21.9 Å². The third kappa shape index (κ3) is 1.42. The average Bonchev–Trinajstić information content (AvgIpc) is 2.32. The molecule has 0 saturated heterocycles. The highest BCUT2D eigenvalue weighted by atomic mass is 32.1. The summed E-state index contributed by atoms with van der Waals surface area (Å²) in [5, 5.41) is 11.2. The molecule has 0 aliphatic rings. The second-order valence-electron chi connectivity index (χ2n) is 2.04. The van der Waals surface area contributed by atoms with Gasteiger partial charge in [0.05, 0.1) is 5.69 Å². The molecule has 1 rings (SSSR count). The van der Waals surface area contributed by atoms with Gasteiger partial charge in [0, 0.05) is 0 Å². The van der Waals surface area contributed by atoms with Crippen molar-refractivity contribution >= 4 is 28.9 Å². The molecule has 0 aliphatic heterocycles. The van der Waals surface area contributed by atoms with E-state index >= 15 is 0 Å². The molecule has 64 valence electrons. The van der Waals surface area contributed by atoms with Crippen LogP contribution >= 0.6 is 11.5 Å². The van der Waals surface area contributed by atoms with E-state index in [9.17, 15) is 9.59 Å². The maximum atomic E-state index is 10.6. The molecular weight excluding hydrogens is 180 g/mol. The zero-order valence-electron chi connectivity index (χ0n) is 6.20. The van der Waals surface area contributed by atoms with E-state index in [0.29, 0.717) is 12.1 Å². The van der Waals surface area contributed by atoms with Gasteiger partial charge in [-0.1, -0.05) is 0 Å². The van der Waals surface area contributed by atoms with Crippen molar-refractivity contribution in [2.24, 2.45) is 0 Å². The molecule has 6 heteroatoms. The van der Waals surface area contributed by atoms with Crippen LogP contribution in [0.1, 0.15) is 16.1 Å². The molecule has 12 heavy (non-hydrogen) atoms.